The highest BCUT2D eigenvalue weighted by Crippen LogP contribution is 2.19. The van der Waals surface area contributed by atoms with Gasteiger partial charge in [-0.15, -0.1) is 9.78 Å². The van der Waals surface area contributed by atoms with Crippen molar-refractivity contribution in [2.24, 2.45) is 0 Å². The van der Waals surface area contributed by atoms with Gasteiger partial charge in [-0.3, -0.25) is 0 Å². The van der Waals surface area contributed by atoms with Crippen LogP contribution in [0.3, 0.4) is 0 Å². The summed E-state index contributed by atoms with van der Waals surface area (Å²) in [4.78, 5) is 7.01. The van der Waals surface area contributed by atoms with E-state index in [1.165, 1.54) is 0 Å². The smallest absolute Gasteiger partial charge is 0.315 e. The van der Waals surface area contributed by atoms with Gasteiger partial charge in [0.2, 0.25) is 0 Å². The molecule has 34 valence electrons. The van der Waals surface area contributed by atoms with Gasteiger partial charge in [0.25, 0.3) is 0 Å². The van der Waals surface area contributed by atoms with Crippen LogP contribution in [0.15, 0.2) is 0 Å². The topological polar surface area (TPSA) is 65.5 Å². The summed E-state index contributed by atoms with van der Waals surface area (Å²) >= 11 is 0. The molecule has 1 aliphatic rings. The number of rotatable bonds is 0. The first-order valence-corrected chi connectivity index (χ1v) is 1.02. The maximum atomic E-state index is 7.74. The number of hydrogen-bond donors (Lipinski definition) is 2. The molecule has 0 aromatic rings. The second kappa shape index (κ2) is 1.61. The van der Waals surface area contributed by atoms with Crippen molar-refractivity contribution in [3.8, 4) is 0 Å². The predicted octanol–water partition coefficient (Wildman–Crippen LogP) is -2.37. The largest absolute Gasteiger partial charge is 0.461 e. The molecule has 1 saturated heterocycles. The summed E-state index contributed by atoms with van der Waals surface area (Å²) in [5, 5.41) is 15.5. The zero-order valence-corrected chi connectivity index (χ0v) is 2.21. The van der Waals surface area contributed by atoms with Crippen LogP contribution in [0.4, 0.5) is 0 Å². The summed E-state index contributed by atoms with van der Waals surface area (Å²) in [7, 11) is 0. The molecule has 5 heteroatoms. The van der Waals surface area contributed by atoms with E-state index < -0.39 is 6.16 Å². The molecular weight excluding hydrogens is 100 g/mol. The highest BCUT2D eigenvalue weighted by atomic mass is 24.3. The minimum atomic E-state index is -2.25. The third-order valence-corrected chi connectivity index (χ3v) is 0.232. The molecule has 4 nitrogen and oxygen atoms in total. The lowest BCUT2D eigenvalue weighted by atomic mass is 11.2. The first-order valence-electron chi connectivity index (χ1n) is 1.02. The fourth-order valence-electron chi connectivity index (χ4n) is 0.0373. The van der Waals surface area contributed by atoms with Gasteiger partial charge < -0.3 is 10.2 Å². The summed E-state index contributed by atoms with van der Waals surface area (Å²) in [5.41, 5.74) is 0. The highest BCUT2D eigenvalue weighted by Gasteiger charge is 2.45. The van der Waals surface area contributed by atoms with Crippen LogP contribution in [-0.4, -0.2) is 39.4 Å². The molecule has 2 N–H and O–H groups in total. The molecule has 1 rings (SSSR count). The van der Waals surface area contributed by atoms with Crippen LogP contribution in [0.2, 0.25) is 0 Å². The van der Waals surface area contributed by atoms with Crippen molar-refractivity contribution < 1.29 is 20.0 Å². The van der Waals surface area contributed by atoms with Gasteiger partial charge in [-0.2, -0.15) is 0 Å². The van der Waals surface area contributed by atoms with Crippen molar-refractivity contribution in [1.29, 1.82) is 0 Å². The van der Waals surface area contributed by atoms with E-state index in [4.69, 9.17) is 10.2 Å². The van der Waals surface area contributed by atoms with Gasteiger partial charge in [0.05, 0.1) is 0 Å². The molecule has 0 atom stereocenters. The first kappa shape index (κ1) is 6.61. The molecular formula is CH4MgO4. The molecule has 1 fully saturated rings. The van der Waals surface area contributed by atoms with E-state index in [0.29, 0.717) is 0 Å². The minimum Gasteiger partial charge on any atom is -0.315 e. The third kappa shape index (κ3) is 1.91. The number of aliphatic hydroxyl groups is 2. The monoisotopic (exact) mass is 104 g/mol. The van der Waals surface area contributed by atoms with Crippen molar-refractivity contribution in [1.82, 2.24) is 0 Å². The van der Waals surface area contributed by atoms with E-state index in [-0.39, 0.29) is 23.1 Å². The molecule has 0 bridgehead atoms. The normalized spacial score (nSPS) is 25.0. The maximum absolute atomic E-state index is 7.74. The summed E-state index contributed by atoms with van der Waals surface area (Å²) in [6, 6.07) is 0. The van der Waals surface area contributed by atoms with Crippen LogP contribution in [-0.2, 0) is 9.78 Å². The molecule has 0 unspecified atom stereocenters. The Kier molecular flexibility index (Phi) is 1.77. The quantitative estimate of drug-likeness (QED) is 0.156. The van der Waals surface area contributed by atoms with E-state index in [1.54, 1.807) is 0 Å². The fraction of sp³-hybridized carbons (Fsp3) is 1.00. The lowest BCUT2D eigenvalue weighted by Crippen LogP contribution is -2.03. The highest BCUT2D eigenvalue weighted by molar-refractivity contribution is 5.75. The van der Waals surface area contributed by atoms with E-state index in [2.05, 4.69) is 9.78 Å². The molecule has 1 aliphatic heterocycles. The zero-order valence-electron chi connectivity index (χ0n) is 2.21. The Hall–Kier alpha value is 0.606. The fourth-order valence-corrected chi connectivity index (χ4v) is 0.0373. The Balaban J connectivity index is 0.000000250. The van der Waals surface area contributed by atoms with Gasteiger partial charge in [-0.1, -0.05) is 0 Å². The molecule has 0 saturated carbocycles. The lowest BCUT2D eigenvalue weighted by molar-refractivity contribution is -0.168. The minimum absolute atomic E-state index is 0. The summed E-state index contributed by atoms with van der Waals surface area (Å²) in [6.45, 7) is 0. The van der Waals surface area contributed by atoms with Crippen molar-refractivity contribution in [2.45, 2.75) is 6.16 Å². The second-order valence-electron chi connectivity index (χ2n) is 0.715. The zero-order chi connectivity index (χ0) is 3.91. The molecule has 0 aromatic carbocycles. The SMILES string of the molecule is OC1(O)OO1.[MgH2]. The first-order chi connectivity index (χ1) is 2.21. The molecule has 0 radical (unpaired) electrons. The molecule has 0 aliphatic carbocycles. The van der Waals surface area contributed by atoms with E-state index in [1.807, 2.05) is 0 Å². The standard InChI is InChI=1S/CH2O4.Mg.2H/c2-1(3)4-5-1;;;/h2-3H;;;. The van der Waals surface area contributed by atoms with Gasteiger partial charge in [0.15, 0.2) is 0 Å². The third-order valence-electron chi connectivity index (χ3n) is 0.232. The number of hydrogen-bond acceptors (Lipinski definition) is 4. The van der Waals surface area contributed by atoms with Crippen LogP contribution in [0.5, 0.6) is 0 Å². The van der Waals surface area contributed by atoms with Gasteiger partial charge in [0.1, 0.15) is 0 Å². The summed E-state index contributed by atoms with van der Waals surface area (Å²) in [5.74, 6) is 0. The maximum Gasteiger partial charge on any atom is 0.461 e. The van der Waals surface area contributed by atoms with Crippen molar-refractivity contribution >= 4 is 23.1 Å². The van der Waals surface area contributed by atoms with Crippen LogP contribution in [0, 0.1) is 0 Å². The van der Waals surface area contributed by atoms with Crippen molar-refractivity contribution in [3.63, 3.8) is 0 Å². The summed E-state index contributed by atoms with van der Waals surface area (Å²) in [6.07, 6.45) is -2.25. The van der Waals surface area contributed by atoms with Gasteiger partial charge in [0, 0.05) is 0 Å². The molecule has 0 spiro atoms. The molecule has 6 heavy (non-hydrogen) atoms. The summed E-state index contributed by atoms with van der Waals surface area (Å²) < 4.78 is 0. The lowest BCUT2D eigenvalue weighted by Gasteiger charge is -1.73. The molecule has 0 amide bonds. The van der Waals surface area contributed by atoms with Crippen molar-refractivity contribution in [2.75, 3.05) is 0 Å². The van der Waals surface area contributed by atoms with E-state index in [0.717, 1.165) is 0 Å². The molecule has 1 heterocycles. The van der Waals surface area contributed by atoms with E-state index in [9.17, 15) is 0 Å². The van der Waals surface area contributed by atoms with Crippen LogP contribution < -0.4 is 0 Å². The Labute approximate surface area is 49.7 Å². The van der Waals surface area contributed by atoms with Gasteiger partial charge >= 0.3 is 29.2 Å². The second-order valence-corrected chi connectivity index (χ2v) is 0.715. The Morgan fingerprint density at radius 1 is 1.17 bits per heavy atom. The average Bonchev–Trinajstić information content (AvgIpc) is 1.76. The predicted molar refractivity (Wildman–Crippen MR) is 17.9 cm³/mol. The van der Waals surface area contributed by atoms with Crippen LogP contribution >= 0.6 is 0 Å². The molecule has 0 aromatic heterocycles. The Morgan fingerprint density at radius 2 is 1.33 bits per heavy atom. The van der Waals surface area contributed by atoms with Crippen LogP contribution in [0.25, 0.3) is 0 Å². The Bertz CT molecular complexity index is 45.5. The van der Waals surface area contributed by atoms with Crippen molar-refractivity contribution in [3.05, 3.63) is 0 Å². The Morgan fingerprint density at radius 3 is 1.33 bits per heavy atom. The average molecular weight is 104 g/mol. The van der Waals surface area contributed by atoms with Crippen LogP contribution in [0.1, 0.15) is 0 Å². The van der Waals surface area contributed by atoms with Gasteiger partial charge in [-0.05, 0) is 0 Å². The van der Waals surface area contributed by atoms with Gasteiger partial charge in [-0.25, -0.2) is 0 Å². The van der Waals surface area contributed by atoms with E-state index >= 15 is 0 Å².